The molecule has 0 aromatic rings. The molecular weight excluding hydrogens is 151 g/mol. The molecule has 0 aliphatic carbocycles. The highest BCUT2D eigenvalue weighted by atomic mass is 31.2. The second kappa shape index (κ2) is 7.80. The Bertz CT molecular complexity index is 54.7. The van der Waals surface area contributed by atoms with Crippen molar-refractivity contribution >= 4 is 30.9 Å². The number of phosphoric acid groups is 1. The minimum Gasteiger partial charge on any atom is -0.412 e. The smallest absolute Gasteiger partial charge is 0.412 e. The first-order chi connectivity index (χ1) is 2.00. The van der Waals surface area contributed by atoms with Gasteiger partial charge in [-0.1, -0.05) is 0 Å². The number of hydrogen-bond donors (Lipinski definition) is 3. The maximum Gasteiger partial charge on any atom is 0.466 e. The van der Waals surface area contributed by atoms with E-state index < -0.39 is 7.82 Å². The van der Waals surface area contributed by atoms with Gasteiger partial charge < -0.3 is 25.6 Å². The first kappa shape index (κ1) is 23.2. The molecule has 0 amide bonds. The van der Waals surface area contributed by atoms with Crippen LogP contribution in [0.3, 0.4) is 0 Å². The van der Waals surface area contributed by atoms with Gasteiger partial charge in [0.2, 0.25) is 0 Å². The van der Waals surface area contributed by atoms with E-state index >= 15 is 0 Å². The van der Waals surface area contributed by atoms with Crippen LogP contribution in [0, 0.1) is 0 Å². The third-order valence-electron chi connectivity index (χ3n) is 0. The van der Waals surface area contributed by atoms with E-state index in [1.807, 2.05) is 0 Å². The zero-order valence-corrected chi connectivity index (χ0v) is 4.09. The standard InChI is InChI=1S/Mg.H3O4P.2H2O.2H/c;1-5(2,3)4;;;;/h;(H3,1,2,3,4);2*1H2;;. The van der Waals surface area contributed by atoms with Crippen LogP contribution < -0.4 is 0 Å². The number of hydrogen-bond acceptors (Lipinski definition) is 1. The predicted octanol–water partition coefficient (Wildman–Crippen LogP) is -3.49. The fraction of sp³-hybridized carbons (Fsp3) is 0. The van der Waals surface area contributed by atoms with Gasteiger partial charge in [0.1, 0.15) is 0 Å². The van der Waals surface area contributed by atoms with Crippen molar-refractivity contribution in [3.05, 3.63) is 0 Å². The Labute approximate surface area is 61.5 Å². The molecule has 0 heterocycles. The lowest BCUT2D eigenvalue weighted by Gasteiger charge is -1.82. The number of rotatable bonds is 0. The van der Waals surface area contributed by atoms with E-state index in [1.165, 1.54) is 0 Å². The largest absolute Gasteiger partial charge is 0.466 e. The van der Waals surface area contributed by atoms with Gasteiger partial charge in [-0.25, -0.2) is 4.57 Å². The molecule has 0 saturated heterocycles. The van der Waals surface area contributed by atoms with Crippen LogP contribution in [0.2, 0.25) is 0 Å². The lowest BCUT2D eigenvalue weighted by Crippen LogP contribution is -1.66. The molecule has 0 saturated carbocycles. The van der Waals surface area contributed by atoms with E-state index in [-0.39, 0.29) is 34.0 Å². The van der Waals surface area contributed by atoms with Gasteiger partial charge in [-0.05, 0) is 0 Å². The lowest BCUT2D eigenvalue weighted by molar-refractivity contribution is 0.275. The van der Waals surface area contributed by atoms with Crippen LogP contribution >= 0.6 is 7.82 Å². The van der Waals surface area contributed by atoms with Crippen LogP contribution in [-0.2, 0) is 4.57 Å². The molecule has 0 aliphatic rings. The van der Waals surface area contributed by atoms with Gasteiger partial charge in [0.25, 0.3) is 0 Å². The van der Waals surface area contributed by atoms with Gasteiger partial charge >= 0.3 is 30.9 Å². The topological polar surface area (TPSA) is 141 Å². The molecule has 0 radical (unpaired) electrons. The van der Waals surface area contributed by atoms with Crippen LogP contribution in [0.5, 0.6) is 0 Å². The molecule has 8 heteroatoms. The Morgan fingerprint density at radius 1 is 1.00 bits per heavy atom. The van der Waals surface area contributed by atoms with Crippen LogP contribution in [0.25, 0.3) is 0 Å². The molecule has 6 nitrogen and oxygen atoms in total. The van der Waals surface area contributed by atoms with E-state index in [4.69, 9.17) is 19.2 Å². The highest BCUT2D eigenvalue weighted by Crippen LogP contribution is 2.25. The highest BCUT2D eigenvalue weighted by molar-refractivity contribution is 7.45. The molecule has 0 fully saturated rings. The fourth-order valence-corrected chi connectivity index (χ4v) is 0. The molecule has 7 N–H and O–H groups in total. The molecule has 0 aromatic heterocycles. The van der Waals surface area contributed by atoms with Crippen molar-refractivity contribution in [2.24, 2.45) is 0 Å². The van der Waals surface area contributed by atoms with Crippen molar-refractivity contribution in [3.63, 3.8) is 0 Å². The molecule has 0 atom stereocenters. The molecule has 0 unspecified atom stereocenters. The summed E-state index contributed by atoms with van der Waals surface area (Å²) in [5, 5.41) is 0. The van der Waals surface area contributed by atoms with Crippen LogP contribution in [0.4, 0.5) is 0 Å². The maximum atomic E-state index is 8.88. The van der Waals surface area contributed by atoms with Gasteiger partial charge in [-0.15, -0.1) is 0 Å². The second-order valence-corrected chi connectivity index (χ2v) is 1.54. The van der Waals surface area contributed by atoms with Crippen molar-refractivity contribution in [1.29, 1.82) is 0 Å². The minimum absolute atomic E-state index is 0. The third-order valence-corrected chi connectivity index (χ3v) is 0. The van der Waals surface area contributed by atoms with Crippen molar-refractivity contribution in [2.45, 2.75) is 0 Å². The zero-order valence-electron chi connectivity index (χ0n) is 3.20. The summed E-state index contributed by atoms with van der Waals surface area (Å²) in [4.78, 5) is 21.6. The summed E-state index contributed by atoms with van der Waals surface area (Å²) in [6.45, 7) is 0. The zero-order chi connectivity index (χ0) is 4.50. The molecule has 8 heavy (non-hydrogen) atoms. The van der Waals surface area contributed by atoms with Crippen molar-refractivity contribution in [3.8, 4) is 0 Å². The van der Waals surface area contributed by atoms with Crippen LogP contribution in [0.15, 0.2) is 0 Å². The highest BCUT2D eigenvalue weighted by Gasteiger charge is 2.00. The maximum absolute atomic E-state index is 8.88. The molecule has 0 aromatic carbocycles. The summed E-state index contributed by atoms with van der Waals surface area (Å²) in [5.74, 6) is 0. The summed E-state index contributed by atoms with van der Waals surface area (Å²) in [5.41, 5.74) is 0. The molecule has 0 spiro atoms. The molecule has 0 bridgehead atoms. The third kappa shape index (κ3) is 360. The summed E-state index contributed by atoms with van der Waals surface area (Å²) in [7, 11) is -4.64. The monoisotopic (exact) mass is 160 g/mol. The first-order valence-electron chi connectivity index (χ1n) is 0.783. The molecular formula is H9MgO6P. The Hall–Kier alpha value is 0.796. The molecule has 52 valence electrons. The summed E-state index contributed by atoms with van der Waals surface area (Å²) in [6, 6.07) is 0. The van der Waals surface area contributed by atoms with E-state index in [0.717, 1.165) is 0 Å². The normalized spacial score (nSPS) is 7.38. The van der Waals surface area contributed by atoms with E-state index in [2.05, 4.69) is 0 Å². The lowest BCUT2D eigenvalue weighted by atomic mass is 15.8. The van der Waals surface area contributed by atoms with Crippen molar-refractivity contribution < 1.29 is 30.2 Å². The van der Waals surface area contributed by atoms with E-state index in [9.17, 15) is 0 Å². The van der Waals surface area contributed by atoms with Gasteiger partial charge in [0.15, 0.2) is 0 Å². The Morgan fingerprint density at radius 3 is 1.00 bits per heavy atom. The first-order valence-corrected chi connectivity index (χ1v) is 2.35. The van der Waals surface area contributed by atoms with E-state index in [0.29, 0.717) is 0 Å². The summed E-state index contributed by atoms with van der Waals surface area (Å²) >= 11 is 0. The SMILES string of the molecule is O.O.O=P(O)(O)O.[MgH2]. The van der Waals surface area contributed by atoms with Gasteiger partial charge in [0, 0.05) is 0 Å². The fourth-order valence-electron chi connectivity index (χ4n) is 0. The minimum atomic E-state index is -4.64. The van der Waals surface area contributed by atoms with Gasteiger partial charge in [0.05, 0.1) is 0 Å². The van der Waals surface area contributed by atoms with Crippen LogP contribution in [0.1, 0.15) is 0 Å². The average Bonchev–Trinajstić information content (AvgIpc) is 0.722. The van der Waals surface area contributed by atoms with Gasteiger partial charge in [-0.2, -0.15) is 0 Å². The quantitative estimate of drug-likeness (QED) is 0.250. The van der Waals surface area contributed by atoms with Gasteiger partial charge in [-0.3, -0.25) is 0 Å². The summed E-state index contributed by atoms with van der Waals surface area (Å²) < 4.78 is 8.88. The van der Waals surface area contributed by atoms with Crippen molar-refractivity contribution in [2.75, 3.05) is 0 Å². The summed E-state index contributed by atoms with van der Waals surface area (Å²) in [6.07, 6.45) is 0. The Balaban J connectivity index is -0.0000000267. The Morgan fingerprint density at radius 2 is 1.00 bits per heavy atom. The predicted molar refractivity (Wildman–Crippen MR) is 30.0 cm³/mol. The van der Waals surface area contributed by atoms with Crippen LogP contribution in [-0.4, -0.2) is 48.7 Å². The average molecular weight is 160 g/mol. The second-order valence-electron chi connectivity index (χ2n) is 0.513. The molecule has 0 aliphatic heterocycles. The van der Waals surface area contributed by atoms with E-state index in [1.54, 1.807) is 0 Å². The molecule has 0 rings (SSSR count). The van der Waals surface area contributed by atoms with Crippen molar-refractivity contribution in [1.82, 2.24) is 0 Å². The Kier molecular flexibility index (Phi) is 22.6.